The predicted molar refractivity (Wildman–Crippen MR) is 77.0 cm³/mol. The summed E-state index contributed by atoms with van der Waals surface area (Å²) < 4.78 is 0. The smallest absolute Gasteiger partial charge is 0.0726 e. The van der Waals surface area contributed by atoms with Crippen LogP contribution >= 0.6 is 11.6 Å². The lowest BCUT2D eigenvalue weighted by molar-refractivity contribution is 0.830. The van der Waals surface area contributed by atoms with E-state index in [2.05, 4.69) is 9.97 Å². The second-order valence-electron chi connectivity index (χ2n) is 4.33. The summed E-state index contributed by atoms with van der Waals surface area (Å²) in [6.07, 6.45) is 3.39. The van der Waals surface area contributed by atoms with Crippen molar-refractivity contribution < 1.29 is 0 Å². The van der Waals surface area contributed by atoms with E-state index in [0.29, 0.717) is 5.02 Å². The van der Waals surface area contributed by atoms with E-state index in [1.807, 2.05) is 36.4 Å². The summed E-state index contributed by atoms with van der Waals surface area (Å²) in [5.41, 5.74) is 9.00. The van der Waals surface area contributed by atoms with Crippen LogP contribution in [0.2, 0.25) is 5.02 Å². The van der Waals surface area contributed by atoms with Crippen LogP contribution in [0, 0.1) is 0 Å². The van der Waals surface area contributed by atoms with Crippen molar-refractivity contribution in [1.82, 2.24) is 9.97 Å². The summed E-state index contributed by atoms with van der Waals surface area (Å²) in [4.78, 5) is 8.55. The molecule has 0 aliphatic rings. The Labute approximate surface area is 116 Å². The van der Waals surface area contributed by atoms with Gasteiger partial charge in [0.05, 0.1) is 22.3 Å². The van der Waals surface area contributed by atoms with Crippen molar-refractivity contribution in [3.05, 3.63) is 71.1 Å². The number of hydrogen-bond acceptors (Lipinski definition) is 3. The van der Waals surface area contributed by atoms with E-state index in [9.17, 15) is 0 Å². The molecule has 19 heavy (non-hydrogen) atoms. The van der Waals surface area contributed by atoms with Gasteiger partial charge in [0, 0.05) is 17.8 Å². The summed E-state index contributed by atoms with van der Waals surface area (Å²) in [5, 5.41) is 1.68. The van der Waals surface area contributed by atoms with Crippen LogP contribution in [-0.4, -0.2) is 9.97 Å². The Hall–Kier alpha value is -1.97. The van der Waals surface area contributed by atoms with Gasteiger partial charge in [0.15, 0.2) is 0 Å². The van der Waals surface area contributed by atoms with Crippen LogP contribution < -0.4 is 5.73 Å². The predicted octanol–water partition coefficient (Wildman–Crippen LogP) is 3.33. The molecule has 1 unspecified atom stereocenters. The van der Waals surface area contributed by atoms with E-state index in [0.717, 1.165) is 22.2 Å². The van der Waals surface area contributed by atoms with Crippen LogP contribution in [0.15, 0.2) is 54.9 Å². The maximum Gasteiger partial charge on any atom is 0.0726 e. The number of nitrogens with zero attached hydrogens (tertiary/aromatic N) is 2. The molecule has 0 bridgehead atoms. The number of halogens is 1. The fourth-order valence-electron chi connectivity index (χ4n) is 2.03. The lowest BCUT2D eigenvalue weighted by Gasteiger charge is -2.12. The topological polar surface area (TPSA) is 51.8 Å². The van der Waals surface area contributed by atoms with Crippen LogP contribution in [-0.2, 0) is 0 Å². The second-order valence-corrected chi connectivity index (χ2v) is 4.77. The first-order chi connectivity index (χ1) is 9.24. The number of pyridine rings is 2. The molecule has 2 heterocycles. The highest BCUT2D eigenvalue weighted by Gasteiger charge is 2.10. The molecule has 0 saturated carbocycles. The minimum atomic E-state index is -0.262. The maximum absolute atomic E-state index is 6.23. The zero-order chi connectivity index (χ0) is 13.2. The first-order valence-electron chi connectivity index (χ1n) is 5.96. The molecule has 3 rings (SSSR count). The van der Waals surface area contributed by atoms with Crippen molar-refractivity contribution in [2.45, 2.75) is 6.04 Å². The number of rotatable bonds is 2. The van der Waals surface area contributed by atoms with Crippen LogP contribution in [0.1, 0.15) is 17.3 Å². The Morgan fingerprint density at radius 1 is 1.05 bits per heavy atom. The first kappa shape index (κ1) is 12.1. The highest BCUT2D eigenvalue weighted by molar-refractivity contribution is 6.30. The van der Waals surface area contributed by atoms with Gasteiger partial charge in [-0.3, -0.25) is 9.97 Å². The highest BCUT2D eigenvalue weighted by atomic mass is 35.5. The SMILES string of the molecule is NC(c1ccc2ncccc2c1)c1ccc(Cl)cn1. The maximum atomic E-state index is 6.23. The molecule has 1 atom stereocenters. The molecule has 0 amide bonds. The van der Waals surface area contributed by atoms with Gasteiger partial charge in [0.25, 0.3) is 0 Å². The van der Waals surface area contributed by atoms with Gasteiger partial charge >= 0.3 is 0 Å². The largest absolute Gasteiger partial charge is 0.319 e. The average molecular weight is 270 g/mol. The van der Waals surface area contributed by atoms with Gasteiger partial charge in [-0.2, -0.15) is 0 Å². The van der Waals surface area contributed by atoms with Gasteiger partial charge in [0.2, 0.25) is 0 Å². The Kier molecular flexibility index (Phi) is 3.15. The molecule has 1 aromatic carbocycles. The Balaban J connectivity index is 2.01. The van der Waals surface area contributed by atoms with E-state index >= 15 is 0 Å². The monoisotopic (exact) mass is 269 g/mol. The first-order valence-corrected chi connectivity index (χ1v) is 6.33. The third-order valence-electron chi connectivity index (χ3n) is 3.06. The van der Waals surface area contributed by atoms with Gasteiger partial charge in [-0.15, -0.1) is 0 Å². The Bertz CT molecular complexity index is 710. The number of benzene rings is 1. The van der Waals surface area contributed by atoms with Gasteiger partial charge < -0.3 is 5.73 Å². The van der Waals surface area contributed by atoms with Crippen molar-refractivity contribution in [3.63, 3.8) is 0 Å². The van der Waals surface area contributed by atoms with E-state index < -0.39 is 0 Å². The van der Waals surface area contributed by atoms with Crippen LogP contribution in [0.3, 0.4) is 0 Å². The zero-order valence-electron chi connectivity index (χ0n) is 10.1. The Morgan fingerprint density at radius 2 is 1.95 bits per heavy atom. The summed E-state index contributed by atoms with van der Waals surface area (Å²) in [5.74, 6) is 0. The molecule has 2 N–H and O–H groups in total. The summed E-state index contributed by atoms with van der Waals surface area (Å²) in [7, 11) is 0. The fourth-order valence-corrected chi connectivity index (χ4v) is 2.14. The van der Waals surface area contributed by atoms with E-state index in [1.165, 1.54) is 0 Å². The van der Waals surface area contributed by atoms with Crippen LogP contribution in [0.5, 0.6) is 0 Å². The lowest BCUT2D eigenvalue weighted by atomic mass is 10.0. The van der Waals surface area contributed by atoms with Crippen molar-refractivity contribution in [2.75, 3.05) is 0 Å². The quantitative estimate of drug-likeness (QED) is 0.776. The molecule has 3 nitrogen and oxygen atoms in total. The fraction of sp³-hybridized carbons (Fsp3) is 0.0667. The Morgan fingerprint density at radius 3 is 2.74 bits per heavy atom. The van der Waals surface area contributed by atoms with Gasteiger partial charge in [0.1, 0.15) is 0 Å². The van der Waals surface area contributed by atoms with Crippen LogP contribution in [0.4, 0.5) is 0 Å². The van der Waals surface area contributed by atoms with E-state index in [-0.39, 0.29) is 6.04 Å². The molecule has 94 valence electrons. The minimum absolute atomic E-state index is 0.262. The van der Waals surface area contributed by atoms with E-state index in [4.69, 9.17) is 17.3 Å². The molecular weight excluding hydrogens is 258 g/mol. The van der Waals surface area contributed by atoms with Gasteiger partial charge in [-0.05, 0) is 35.9 Å². The van der Waals surface area contributed by atoms with Gasteiger partial charge in [-0.25, -0.2) is 0 Å². The number of nitrogens with two attached hydrogens (primary N) is 1. The van der Waals surface area contributed by atoms with Crippen molar-refractivity contribution >= 4 is 22.5 Å². The molecule has 0 radical (unpaired) electrons. The molecule has 2 aromatic heterocycles. The lowest BCUT2D eigenvalue weighted by Crippen LogP contribution is -2.13. The van der Waals surface area contributed by atoms with Crippen molar-refractivity contribution in [3.8, 4) is 0 Å². The zero-order valence-corrected chi connectivity index (χ0v) is 10.9. The normalized spacial score (nSPS) is 12.5. The molecule has 0 aliphatic carbocycles. The molecular formula is C15H12ClN3. The summed E-state index contributed by atoms with van der Waals surface area (Å²) in [6, 6.07) is 13.3. The van der Waals surface area contributed by atoms with Crippen molar-refractivity contribution in [2.24, 2.45) is 5.73 Å². The number of aromatic nitrogens is 2. The molecule has 0 fully saturated rings. The molecule has 0 spiro atoms. The molecule has 4 heteroatoms. The average Bonchev–Trinajstić information content (AvgIpc) is 2.47. The summed E-state index contributed by atoms with van der Waals surface area (Å²) in [6.45, 7) is 0. The van der Waals surface area contributed by atoms with Crippen LogP contribution in [0.25, 0.3) is 10.9 Å². The summed E-state index contributed by atoms with van der Waals surface area (Å²) >= 11 is 5.83. The third-order valence-corrected chi connectivity index (χ3v) is 3.28. The number of hydrogen-bond donors (Lipinski definition) is 1. The van der Waals surface area contributed by atoms with Gasteiger partial charge in [-0.1, -0.05) is 23.7 Å². The highest BCUT2D eigenvalue weighted by Crippen LogP contribution is 2.22. The molecule has 3 aromatic rings. The standard InChI is InChI=1S/C15H12ClN3/c16-12-4-6-14(19-9-12)15(17)11-3-5-13-10(8-11)2-1-7-18-13/h1-9,15H,17H2. The third kappa shape index (κ3) is 2.43. The molecule has 0 saturated heterocycles. The van der Waals surface area contributed by atoms with E-state index in [1.54, 1.807) is 18.5 Å². The molecule has 0 aliphatic heterocycles. The minimum Gasteiger partial charge on any atom is -0.319 e. The van der Waals surface area contributed by atoms with Crippen molar-refractivity contribution in [1.29, 1.82) is 0 Å². The number of fused-ring (bicyclic) bond motifs is 1. The second kappa shape index (κ2) is 4.96.